The van der Waals surface area contributed by atoms with Gasteiger partial charge in [-0.1, -0.05) is 6.07 Å². The molecule has 3 nitrogen and oxygen atoms in total. The van der Waals surface area contributed by atoms with Crippen LogP contribution in [-0.4, -0.2) is 10.7 Å². The van der Waals surface area contributed by atoms with Crippen molar-refractivity contribution in [2.24, 2.45) is 0 Å². The Morgan fingerprint density at radius 3 is 2.33 bits per heavy atom. The van der Waals surface area contributed by atoms with Gasteiger partial charge < -0.3 is 9.30 Å². The molecular formula is C17H20ClNO2. The Bertz CT molecular complexity index is 659. The second-order valence-electron chi connectivity index (χ2n) is 5.12. The van der Waals surface area contributed by atoms with Crippen LogP contribution in [0.2, 0.25) is 0 Å². The Morgan fingerprint density at radius 1 is 1.14 bits per heavy atom. The van der Waals surface area contributed by atoms with Gasteiger partial charge in [0.25, 0.3) is 5.56 Å². The van der Waals surface area contributed by atoms with E-state index < -0.39 is 0 Å². The van der Waals surface area contributed by atoms with Crippen LogP contribution >= 0.6 is 11.6 Å². The molecule has 0 unspecified atom stereocenters. The summed E-state index contributed by atoms with van der Waals surface area (Å²) in [6.45, 7) is 6.56. The van der Waals surface area contributed by atoms with Crippen molar-refractivity contribution < 1.29 is 4.74 Å². The van der Waals surface area contributed by atoms with E-state index in [0.717, 1.165) is 17.0 Å². The van der Waals surface area contributed by atoms with Crippen molar-refractivity contribution in [1.29, 1.82) is 0 Å². The van der Waals surface area contributed by atoms with Crippen LogP contribution in [0.15, 0.2) is 41.2 Å². The van der Waals surface area contributed by atoms with E-state index in [-0.39, 0.29) is 17.5 Å². The summed E-state index contributed by atoms with van der Waals surface area (Å²) in [6, 6.07) is 11.5. The van der Waals surface area contributed by atoms with E-state index in [2.05, 4.69) is 0 Å². The van der Waals surface area contributed by atoms with Gasteiger partial charge in [0.1, 0.15) is 5.75 Å². The van der Waals surface area contributed by atoms with Gasteiger partial charge >= 0.3 is 0 Å². The number of hydrogen-bond donors (Lipinski definition) is 0. The van der Waals surface area contributed by atoms with Crippen LogP contribution in [-0.2, 0) is 12.4 Å². The summed E-state index contributed by atoms with van der Waals surface area (Å²) in [7, 11) is 0. The molecule has 0 aliphatic rings. The maximum atomic E-state index is 12.3. The van der Waals surface area contributed by atoms with Gasteiger partial charge in [-0.15, -0.1) is 11.6 Å². The Labute approximate surface area is 130 Å². The van der Waals surface area contributed by atoms with Crippen molar-refractivity contribution in [3.8, 4) is 17.0 Å². The molecule has 0 saturated carbocycles. The summed E-state index contributed by atoms with van der Waals surface area (Å²) in [5.74, 6) is 1.07. The first-order chi connectivity index (χ1) is 10.1. The molecule has 2 aromatic rings. The van der Waals surface area contributed by atoms with Gasteiger partial charge in [0, 0.05) is 12.1 Å². The van der Waals surface area contributed by atoms with Crippen LogP contribution in [0.4, 0.5) is 0 Å². The van der Waals surface area contributed by atoms with E-state index >= 15 is 0 Å². The summed E-state index contributed by atoms with van der Waals surface area (Å²) in [6.07, 6.45) is 0.146. The second kappa shape index (κ2) is 6.81. The van der Waals surface area contributed by atoms with E-state index in [0.29, 0.717) is 12.1 Å². The number of aromatic nitrogens is 1. The highest BCUT2D eigenvalue weighted by molar-refractivity contribution is 6.17. The molecule has 0 saturated heterocycles. The number of ether oxygens (including phenoxy) is 1. The van der Waals surface area contributed by atoms with E-state index in [9.17, 15) is 4.79 Å². The van der Waals surface area contributed by atoms with E-state index in [1.54, 1.807) is 10.6 Å². The highest BCUT2D eigenvalue weighted by atomic mass is 35.5. The van der Waals surface area contributed by atoms with Gasteiger partial charge in [0.05, 0.1) is 17.7 Å². The molecule has 2 rings (SSSR count). The molecule has 0 aliphatic carbocycles. The Morgan fingerprint density at radius 2 is 1.81 bits per heavy atom. The zero-order chi connectivity index (χ0) is 15.4. The number of hydrogen-bond acceptors (Lipinski definition) is 2. The molecule has 0 bridgehead atoms. The van der Waals surface area contributed by atoms with Gasteiger partial charge in [-0.3, -0.25) is 4.79 Å². The van der Waals surface area contributed by atoms with Gasteiger partial charge in [-0.05, 0) is 56.7 Å². The molecule has 1 aromatic carbocycles. The zero-order valence-electron chi connectivity index (χ0n) is 12.6. The largest absolute Gasteiger partial charge is 0.491 e. The molecule has 0 aliphatic heterocycles. The number of rotatable bonds is 5. The van der Waals surface area contributed by atoms with Crippen molar-refractivity contribution in [2.75, 3.05) is 0 Å². The van der Waals surface area contributed by atoms with E-state index in [1.807, 2.05) is 51.1 Å². The van der Waals surface area contributed by atoms with Crippen LogP contribution in [0.5, 0.6) is 5.75 Å². The molecule has 0 spiro atoms. The molecule has 0 radical (unpaired) electrons. The van der Waals surface area contributed by atoms with Crippen molar-refractivity contribution in [3.63, 3.8) is 0 Å². The van der Waals surface area contributed by atoms with Crippen LogP contribution in [0.25, 0.3) is 11.3 Å². The lowest BCUT2D eigenvalue weighted by molar-refractivity contribution is 0.242. The van der Waals surface area contributed by atoms with Crippen molar-refractivity contribution in [2.45, 2.75) is 39.3 Å². The van der Waals surface area contributed by atoms with Crippen LogP contribution in [0.3, 0.4) is 0 Å². The number of alkyl halides is 1. The average molecular weight is 306 g/mol. The lowest BCUT2D eigenvalue weighted by atomic mass is 10.1. The Hall–Kier alpha value is -1.74. The second-order valence-corrected chi connectivity index (χ2v) is 5.39. The highest BCUT2D eigenvalue weighted by Crippen LogP contribution is 2.22. The predicted octanol–water partition coefficient (Wildman–Crippen LogP) is 4.06. The SMILES string of the molecule is CCn1c(-c2ccc(OC(C)C)cc2)ccc(CCl)c1=O. The summed E-state index contributed by atoms with van der Waals surface area (Å²) in [5.41, 5.74) is 2.49. The summed E-state index contributed by atoms with van der Waals surface area (Å²) < 4.78 is 7.38. The monoisotopic (exact) mass is 305 g/mol. The number of pyridine rings is 1. The van der Waals surface area contributed by atoms with Gasteiger partial charge in [-0.2, -0.15) is 0 Å². The molecule has 4 heteroatoms. The molecule has 0 amide bonds. The first-order valence-corrected chi connectivity index (χ1v) is 7.66. The molecular weight excluding hydrogens is 286 g/mol. The number of benzene rings is 1. The molecule has 0 fully saturated rings. The summed E-state index contributed by atoms with van der Waals surface area (Å²) in [4.78, 5) is 12.3. The lowest BCUT2D eigenvalue weighted by Gasteiger charge is -2.14. The van der Waals surface area contributed by atoms with Gasteiger partial charge in [-0.25, -0.2) is 0 Å². The predicted molar refractivity (Wildman–Crippen MR) is 87.1 cm³/mol. The average Bonchev–Trinajstić information content (AvgIpc) is 2.47. The fraction of sp³-hybridized carbons (Fsp3) is 0.353. The summed E-state index contributed by atoms with van der Waals surface area (Å²) >= 11 is 5.80. The highest BCUT2D eigenvalue weighted by Gasteiger charge is 2.09. The van der Waals surface area contributed by atoms with Crippen molar-refractivity contribution in [3.05, 3.63) is 52.3 Å². The number of nitrogens with zero attached hydrogens (tertiary/aromatic N) is 1. The summed E-state index contributed by atoms with van der Waals surface area (Å²) in [5, 5.41) is 0. The minimum atomic E-state index is -0.0208. The quantitative estimate of drug-likeness (QED) is 0.780. The lowest BCUT2D eigenvalue weighted by Crippen LogP contribution is -2.23. The van der Waals surface area contributed by atoms with Crippen LogP contribution < -0.4 is 10.3 Å². The Balaban J connectivity index is 2.42. The van der Waals surface area contributed by atoms with Gasteiger partial charge in [0.2, 0.25) is 0 Å². The van der Waals surface area contributed by atoms with E-state index in [1.165, 1.54) is 0 Å². The fourth-order valence-corrected chi connectivity index (χ4v) is 2.47. The molecule has 21 heavy (non-hydrogen) atoms. The van der Waals surface area contributed by atoms with Crippen LogP contribution in [0, 0.1) is 0 Å². The molecule has 0 N–H and O–H groups in total. The third-order valence-corrected chi connectivity index (χ3v) is 3.52. The van der Waals surface area contributed by atoms with Gasteiger partial charge in [0.15, 0.2) is 0 Å². The third kappa shape index (κ3) is 3.48. The maximum Gasteiger partial charge on any atom is 0.255 e. The van der Waals surface area contributed by atoms with Crippen LogP contribution in [0.1, 0.15) is 26.3 Å². The molecule has 112 valence electrons. The fourth-order valence-electron chi connectivity index (χ4n) is 2.27. The molecule has 1 aromatic heterocycles. The smallest absolute Gasteiger partial charge is 0.255 e. The van der Waals surface area contributed by atoms with Crippen molar-refractivity contribution >= 4 is 11.6 Å². The first-order valence-electron chi connectivity index (χ1n) is 7.12. The number of halogens is 1. The Kier molecular flexibility index (Phi) is 5.07. The molecule has 0 atom stereocenters. The molecule has 1 heterocycles. The standard InChI is InChI=1S/C17H20ClNO2/c1-4-19-16(10-7-14(11-18)17(19)20)13-5-8-15(9-6-13)21-12(2)3/h5-10,12H,4,11H2,1-3H3. The zero-order valence-corrected chi connectivity index (χ0v) is 13.4. The minimum absolute atomic E-state index is 0.0208. The minimum Gasteiger partial charge on any atom is -0.491 e. The topological polar surface area (TPSA) is 31.2 Å². The maximum absolute atomic E-state index is 12.3. The van der Waals surface area contributed by atoms with Crippen molar-refractivity contribution in [1.82, 2.24) is 4.57 Å². The third-order valence-electron chi connectivity index (χ3n) is 3.24. The first kappa shape index (κ1) is 15.6. The van der Waals surface area contributed by atoms with E-state index in [4.69, 9.17) is 16.3 Å². The normalized spacial score (nSPS) is 10.9.